The van der Waals surface area contributed by atoms with E-state index in [1.165, 1.54) is 45.4 Å². The van der Waals surface area contributed by atoms with Crippen LogP contribution in [0.25, 0.3) is 0 Å². The number of carboxylic acid groups (broad SMARTS) is 1. The standard InChI is InChI=1S/C10H14O2.C9H12O3.2C9H16O.C9H14O.CH3.Pd/c1-7(11)9-5-3-4-6-10(9)8(2)12;1-6(10)7-4-2-3-5-8(7)9(11)12;3*1-7-5-3-4-6-9(7)8(2)10;;/h3-4,9-10H,5-6H2,1-2H3;2-3,7-8H,4-5H2,1H3,(H,11,12);2*7,9H,3-6H2,1-2H3;3-4,7,9H,5-6H2,1-2H3;1H3;/q;;;;;-1;/t9-,10+;7-,8-;7-,9+;7-,9-;7-,9+;;/m.1111../s1. The maximum Gasteiger partial charge on any atom is 0.307 e. The summed E-state index contributed by atoms with van der Waals surface area (Å²) < 4.78 is 0. The van der Waals surface area contributed by atoms with E-state index in [0.29, 0.717) is 65.7 Å². The van der Waals surface area contributed by atoms with Crippen molar-refractivity contribution < 1.29 is 59.1 Å². The largest absolute Gasteiger partial charge is 0.481 e. The molecule has 322 valence electrons. The quantitative estimate of drug-likeness (QED) is 0.152. The van der Waals surface area contributed by atoms with Crippen LogP contribution in [0.1, 0.15) is 152 Å². The summed E-state index contributed by atoms with van der Waals surface area (Å²) >= 11 is 0. The summed E-state index contributed by atoms with van der Waals surface area (Å²) in [5, 5.41) is 8.77. The van der Waals surface area contributed by atoms with Crippen molar-refractivity contribution >= 4 is 40.7 Å². The van der Waals surface area contributed by atoms with Gasteiger partial charge < -0.3 is 12.5 Å². The van der Waals surface area contributed by atoms with E-state index in [4.69, 9.17) is 5.11 Å². The van der Waals surface area contributed by atoms with Crippen LogP contribution in [0.4, 0.5) is 0 Å². The van der Waals surface area contributed by atoms with E-state index in [1.807, 2.05) is 24.3 Å². The molecule has 0 saturated heterocycles. The summed E-state index contributed by atoms with van der Waals surface area (Å²) in [4.78, 5) is 76.9. The minimum absolute atomic E-state index is 0. The fourth-order valence-corrected chi connectivity index (χ4v) is 8.61. The average molecular weight is 875 g/mol. The molecule has 2 saturated carbocycles. The molecule has 0 bridgehead atoms. The monoisotopic (exact) mass is 873 g/mol. The number of hydrogen-bond donors (Lipinski definition) is 1. The molecule has 10 atom stereocenters. The first kappa shape index (κ1) is 55.5. The summed E-state index contributed by atoms with van der Waals surface area (Å²) in [7, 11) is 0. The topological polar surface area (TPSA) is 140 Å². The zero-order valence-electron chi connectivity index (χ0n) is 36.3. The predicted molar refractivity (Wildman–Crippen MR) is 222 cm³/mol. The summed E-state index contributed by atoms with van der Waals surface area (Å²) in [6.45, 7) is 16.3. The third-order valence-electron chi connectivity index (χ3n) is 12.3. The molecule has 2 fully saturated rings. The van der Waals surface area contributed by atoms with E-state index in [-0.39, 0.29) is 63.0 Å². The van der Waals surface area contributed by atoms with Gasteiger partial charge in [-0.05, 0) is 111 Å². The smallest absolute Gasteiger partial charge is 0.307 e. The van der Waals surface area contributed by atoms with Gasteiger partial charge in [0.05, 0.1) is 5.92 Å². The van der Waals surface area contributed by atoms with Gasteiger partial charge in [-0.1, -0.05) is 95.8 Å². The number of ketones is 6. The van der Waals surface area contributed by atoms with Crippen molar-refractivity contribution in [1.82, 2.24) is 0 Å². The molecule has 0 aromatic rings. The fraction of sp³-hybridized carbons (Fsp3) is 0.702. The molecule has 0 amide bonds. The van der Waals surface area contributed by atoms with Crippen LogP contribution in [0.15, 0.2) is 36.5 Å². The van der Waals surface area contributed by atoms with Crippen molar-refractivity contribution in [3.8, 4) is 0 Å². The molecule has 0 unspecified atom stereocenters. The van der Waals surface area contributed by atoms with Crippen LogP contribution in [0.3, 0.4) is 0 Å². The number of carbonyl (C=O) groups is 7. The van der Waals surface area contributed by atoms with Gasteiger partial charge in [-0.15, -0.1) is 0 Å². The molecule has 5 aliphatic rings. The van der Waals surface area contributed by atoms with Gasteiger partial charge in [0.25, 0.3) is 0 Å². The Morgan fingerprint density at radius 2 is 0.625 bits per heavy atom. The van der Waals surface area contributed by atoms with Crippen molar-refractivity contribution in [2.75, 3.05) is 0 Å². The molecule has 5 aliphatic carbocycles. The van der Waals surface area contributed by atoms with E-state index >= 15 is 0 Å². The van der Waals surface area contributed by atoms with E-state index < -0.39 is 11.9 Å². The number of Topliss-reactive ketones (excluding diaryl/α,β-unsaturated/α-hetero) is 6. The van der Waals surface area contributed by atoms with Gasteiger partial charge in [-0.3, -0.25) is 33.6 Å². The summed E-state index contributed by atoms with van der Waals surface area (Å²) in [6.07, 6.45) is 26.5. The Bertz CT molecular complexity index is 1220. The number of rotatable bonds is 7. The van der Waals surface area contributed by atoms with Crippen LogP contribution >= 0.6 is 0 Å². The minimum Gasteiger partial charge on any atom is -0.481 e. The van der Waals surface area contributed by atoms with Crippen LogP contribution in [-0.4, -0.2) is 45.8 Å². The molecular weight excluding hydrogens is 799 g/mol. The van der Waals surface area contributed by atoms with Gasteiger partial charge in [0.1, 0.15) is 34.7 Å². The van der Waals surface area contributed by atoms with Gasteiger partial charge >= 0.3 is 5.97 Å². The molecule has 56 heavy (non-hydrogen) atoms. The Hall–Kier alpha value is -2.63. The van der Waals surface area contributed by atoms with Gasteiger partial charge in [-0.2, -0.15) is 0 Å². The van der Waals surface area contributed by atoms with E-state index in [0.717, 1.165) is 38.5 Å². The first-order chi connectivity index (χ1) is 25.4. The minimum atomic E-state index is -0.862. The number of allylic oxidation sites excluding steroid dienone is 6. The Labute approximate surface area is 353 Å². The van der Waals surface area contributed by atoms with Crippen molar-refractivity contribution in [3.05, 3.63) is 43.9 Å². The molecule has 0 heterocycles. The Morgan fingerprint density at radius 3 is 0.839 bits per heavy atom. The molecule has 0 aliphatic heterocycles. The van der Waals surface area contributed by atoms with Gasteiger partial charge in [-0.25, -0.2) is 0 Å². The van der Waals surface area contributed by atoms with Crippen molar-refractivity contribution in [1.29, 1.82) is 0 Å². The van der Waals surface area contributed by atoms with Gasteiger partial charge in [0.2, 0.25) is 0 Å². The third-order valence-corrected chi connectivity index (χ3v) is 12.3. The van der Waals surface area contributed by atoms with E-state index in [1.54, 1.807) is 34.6 Å². The van der Waals surface area contributed by atoms with Crippen molar-refractivity contribution in [2.24, 2.45) is 59.2 Å². The predicted octanol–water partition coefficient (Wildman–Crippen LogP) is 10.4. The van der Waals surface area contributed by atoms with Crippen molar-refractivity contribution in [3.63, 3.8) is 0 Å². The van der Waals surface area contributed by atoms with Crippen LogP contribution < -0.4 is 0 Å². The maximum absolute atomic E-state index is 11.1. The molecular formula is C47H75O8Pd-. The number of aliphatic carboxylic acids is 1. The Morgan fingerprint density at radius 1 is 0.375 bits per heavy atom. The molecule has 0 spiro atoms. The Balaban J connectivity index is 0. The second kappa shape index (κ2) is 29.6. The van der Waals surface area contributed by atoms with Crippen LogP contribution in [0, 0.1) is 66.6 Å². The molecule has 8 nitrogen and oxygen atoms in total. The van der Waals surface area contributed by atoms with Crippen LogP contribution in [0.5, 0.6) is 0 Å². The first-order valence-electron chi connectivity index (χ1n) is 20.6. The molecule has 5 rings (SSSR count). The molecule has 1 N–H and O–H groups in total. The zero-order chi connectivity index (χ0) is 41.0. The summed E-state index contributed by atoms with van der Waals surface area (Å²) in [5.74, 6) is 2.49. The average Bonchev–Trinajstić information content (AvgIpc) is 3.13. The van der Waals surface area contributed by atoms with Gasteiger partial charge in [0.15, 0.2) is 0 Å². The normalized spacial score (nSPS) is 30.0. The van der Waals surface area contributed by atoms with E-state index in [9.17, 15) is 33.6 Å². The third kappa shape index (κ3) is 20.2. The fourth-order valence-electron chi connectivity index (χ4n) is 8.61. The molecule has 0 radical (unpaired) electrons. The summed E-state index contributed by atoms with van der Waals surface area (Å²) in [5.41, 5.74) is 0. The molecule has 0 aromatic heterocycles. The maximum atomic E-state index is 11.1. The van der Waals surface area contributed by atoms with E-state index in [2.05, 4.69) is 32.9 Å². The van der Waals surface area contributed by atoms with Gasteiger partial charge in [0, 0.05) is 55.9 Å². The van der Waals surface area contributed by atoms with Crippen molar-refractivity contribution in [2.45, 2.75) is 152 Å². The first-order valence-corrected chi connectivity index (χ1v) is 20.6. The number of hydrogen-bond acceptors (Lipinski definition) is 7. The Kier molecular flexibility index (Phi) is 29.3. The SMILES string of the molecule is CC(=O)[C@@H]1CCCC[C@H]1C.CC(=O)[C@H]1CC=CC[C@H]1C.CC(=O)[C@H]1CC=CC[C@H]1C(=O)O.CC(=O)[C@H]1CC=CC[C@H]1C(C)=O.CC(=O)[C@H]1CCCC[C@H]1C.[CH3-].[Pd]. The molecule has 9 heteroatoms. The number of carbonyl (C=O) groups excluding carboxylic acids is 6. The van der Waals surface area contributed by atoms with Crippen LogP contribution in [-0.2, 0) is 54.0 Å². The second-order valence-electron chi connectivity index (χ2n) is 16.6. The zero-order valence-corrected chi connectivity index (χ0v) is 37.8. The summed E-state index contributed by atoms with van der Waals surface area (Å²) in [6, 6.07) is 0. The molecule has 0 aromatic carbocycles. The second-order valence-corrected chi connectivity index (χ2v) is 16.6. The van der Waals surface area contributed by atoms with Crippen LogP contribution in [0.2, 0.25) is 0 Å². The number of carboxylic acids is 1.